The minimum Gasteiger partial charge on any atom is -0.496 e. The van der Waals surface area contributed by atoms with Crippen LogP contribution in [0.4, 0.5) is 13.2 Å². The summed E-state index contributed by atoms with van der Waals surface area (Å²) in [5.74, 6) is 1.31. The van der Waals surface area contributed by atoms with Crippen molar-refractivity contribution in [2.24, 2.45) is 0 Å². The summed E-state index contributed by atoms with van der Waals surface area (Å²) in [6.07, 6.45) is -3.23. The molecule has 0 radical (unpaired) electrons. The zero-order valence-electron chi connectivity index (χ0n) is 27.3. The number of ether oxygens (including phenoxy) is 2. The number of methoxy groups -OCH3 is 1. The second-order valence-electron chi connectivity index (χ2n) is 12.5. The average molecular weight is 664 g/mol. The van der Waals surface area contributed by atoms with Gasteiger partial charge in [0.25, 0.3) is 0 Å². The first-order chi connectivity index (χ1) is 24.4. The van der Waals surface area contributed by atoms with Gasteiger partial charge in [-0.3, -0.25) is 0 Å². The molecule has 50 heavy (non-hydrogen) atoms. The molecule has 8 rings (SSSR count). The van der Waals surface area contributed by atoms with Crippen LogP contribution < -0.4 is 9.47 Å². The number of alkyl halides is 3. The molecule has 0 fully saturated rings. The van der Waals surface area contributed by atoms with Crippen molar-refractivity contribution in [1.82, 2.24) is 4.98 Å². The Morgan fingerprint density at radius 2 is 1.42 bits per heavy atom. The molecule has 0 aliphatic heterocycles. The summed E-state index contributed by atoms with van der Waals surface area (Å²) in [5.41, 5.74) is 9.51. The van der Waals surface area contributed by atoms with Crippen molar-refractivity contribution >= 4 is 10.9 Å². The maximum absolute atomic E-state index is 14.6. The molecular weight excluding hydrogens is 631 g/mol. The number of halogens is 3. The third kappa shape index (κ3) is 5.98. The summed E-state index contributed by atoms with van der Waals surface area (Å²) < 4.78 is 55.5. The van der Waals surface area contributed by atoms with E-state index in [4.69, 9.17) is 14.5 Å². The van der Waals surface area contributed by atoms with Crippen LogP contribution in [0.1, 0.15) is 33.4 Å². The third-order valence-electron chi connectivity index (χ3n) is 9.39. The molecule has 0 bridgehead atoms. The van der Waals surface area contributed by atoms with E-state index in [1.165, 1.54) is 11.6 Å². The molecule has 0 N–H and O–H groups in total. The molecule has 0 saturated carbocycles. The Morgan fingerprint density at radius 3 is 2.26 bits per heavy atom. The highest BCUT2D eigenvalue weighted by molar-refractivity contribution is 5.99. The fraction of sp³-hybridized carbons (Fsp3) is 0.114. The van der Waals surface area contributed by atoms with Gasteiger partial charge in [-0.25, -0.2) is 4.98 Å². The zero-order valence-corrected chi connectivity index (χ0v) is 27.3. The van der Waals surface area contributed by atoms with Crippen LogP contribution >= 0.6 is 0 Å². The predicted octanol–water partition coefficient (Wildman–Crippen LogP) is 11.3. The smallest absolute Gasteiger partial charge is 0.418 e. The van der Waals surface area contributed by atoms with Crippen molar-refractivity contribution in [3.63, 3.8) is 0 Å². The van der Waals surface area contributed by atoms with Gasteiger partial charge < -0.3 is 9.47 Å². The molecule has 1 aliphatic rings. The summed E-state index contributed by atoms with van der Waals surface area (Å²) in [6.45, 7) is 0.273. The number of rotatable bonds is 8. The molecule has 0 saturated heterocycles. The lowest BCUT2D eigenvalue weighted by Gasteiger charge is -2.18. The van der Waals surface area contributed by atoms with Crippen molar-refractivity contribution in [3.05, 3.63) is 173 Å². The van der Waals surface area contributed by atoms with E-state index < -0.39 is 11.7 Å². The highest BCUT2D eigenvalue weighted by atomic mass is 19.4. The van der Waals surface area contributed by atoms with E-state index in [0.717, 1.165) is 56.3 Å². The molecule has 3 nitrogen and oxygen atoms in total. The zero-order chi connectivity index (χ0) is 34.2. The summed E-state index contributed by atoms with van der Waals surface area (Å²) in [4.78, 5) is 4.84. The first-order valence-corrected chi connectivity index (χ1v) is 16.5. The number of hydrogen-bond donors (Lipinski definition) is 0. The van der Waals surface area contributed by atoms with Gasteiger partial charge in [0.2, 0.25) is 0 Å². The quantitative estimate of drug-likeness (QED) is 0.162. The standard InChI is InChI=1S/C44H32F3NO2/c1-49-42-20-8-6-14-32(42)27-50-33-16-9-15-30(24-33)36-26-41(48-43-35(36)18-10-19-40(43)44(45,46)47)39-23-29(21-28-11-3-2-4-12-28)22-37-34-17-7-5-13-31(34)25-38(37)39/h2-20,22-24,26H,21,25,27H2,1H3. The van der Waals surface area contributed by atoms with E-state index in [1.807, 2.05) is 84.9 Å². The third-order valence-corrected chi connectivity index (χ3v) is 9.39. The van der Waals surface area contributed by atoms with Gasteiger partial charge in [-0.2, -0.15) is 13.2 Å². The van der Waals surface area contributed by atoms with E-state index in [-0.39, 0.29) is 12.1 Å². The first kappa shape index (κ1) is 31.4. The van der Waals surface area contributed by atoms with Gasteiger partial charge in [-0.05, 0) is 93.7 Å². The van der Waals surface area contributed by atoms with Gasteiger partial charge in [0, 0.05) is 16.5 Å². The van der Waals surface area contributed by atoms with Crippen LogP contribution in [0.3, 0.4) is 0 Å². The highest BCUT2D eigenvalue weighted by Gasteiger charge is 2.34. The lowest BCUT2D eigenvalue weighted by molar-refractivity contribution is -0.136. The Hall–Kier alpha value is -5.88. The number of benzene rings is 6. The molecule has 1 heterocycles. The average Bonchev–Trinajstić information content (AvgIpc) is 3.52. The topological polar surface area (TPSA) is 31.4 Å². The van der Waals surface area contributed by atoms with Crippen LogP contribution in [0.15, 0.2) is 140 Å². The molecule has 246 valence electrons. The maximum atomic E-state index is 14.6. The highest BCUT2D eigenvalue weighted by Crippen LogP contribution is 2.45. The Kier molecular flexibility index (Phi) is 8.08. The largest absolute Gasteiger partial charge is 0.496 e. The van der Waals surface area contributed by atoms with Crippen molar-refractivity contribution in [3.8, 4) is 45.0 Å². The van der Waals surface area contributed by atoms with Crippen molar-refractivity contribution in [1.29, 1.82) is 0 Å². The van der Waals surface area contributed by atoms with Gasteiger partial charge in [0.15, 0.2) is 0 Å². The maximum Gasteiger partial charge on any atom is 0.418 e. The van der Waals surface area contributed by atoms with Gasteiger partial charge in [-0.1, -0.05) is 103 Å². The number of nitrogens with zero attached hydrogens (tertiary/aromatic N) is 1. The van der Waals surface area contributed by atoms with Crippen LogP contribution in [-0.4, -0.2) is 12.1 Å². The predicted molar refractivity (Wildman–Crippen MR) is 192 cm³/mol. The Labute approximate surface area is 288 Å². The first-order valence-electron chi connectivity index (χ1n) is 16.5. The molecule has 0 atom stereocenters. The fourth-order valence-electron chi connectivity index (χ4n) is 7.04. The molecule has 1 aromatic heterocycles. The van der Waals surface area contributed by atoms with Crippen LogP contribution in [0.25, 0.3) is 44.4 Å². The number of fused-ring (bicyclic) bond motifs is 4. The van der Waals surface area contributed by atoms with Gasteiger partial charge in [0.1, 0.15) is 18.1 Å². The van der Waals surface area contributed by atoms with Crippen LogP contribution in [0.5, 0.6) is 11.5 Å². The van der Waals surface area contributed by atoms with Crippen molar-refractivity contribution in [2.75, 3.05) is 7.11 Å². The van der Waals surface area contributed by atoms with E-state index in [1.54, 1.807) is 13.2 Å². The van der Waals surface area contributed by atoms with E-state index in [2.05, 4.69) is 36.4 Å². The Morgan fingerprint density at radius 1 is 0.660 bits per heavy atom. The van der Waals surface area contributed by atoms with E-state index in [9.17, 15) is 13.2 Å². The minimum atomic E-state index is -4.59. The van der Waals surface area contributed by atoms with Crippen LogP contribution in [0, 0.1) is 0 Å². The van der Waals surface area contributed by atoms with Gasteiger partial charge in [0.05, 0.1) is 23.9 Å². The van der Waals surface area contributed by atoms with Crippen molar-refractivity contribution in [2.45, 2.75) is 25.6 Å². The molecule has 0 unspecified atom stereocenters. The Balaban J connectivity index is 1.30. The lowest BCUT2D eigenvalue weighted by atomic mass is 9.91. The number of para-hydroxylation sites is 2. The number of hydrogen-bond acceptors (Lipinski definition) is 3. The molecule has 1 aliphatic carbocycles. The summed E-state index contributed by atoms with van der Waals surface area (Å²) in [6, 6.07) is 44.2. The number of aromatic nitrogens is 1. The summed E-state index contributed by atoms with van der Waals surface area (Å²) >= 11 is 0. The van der Waals surface area contributed by atoms with E-state index in [0.29, 0.717) is 35.2 Å². The van der Waals surface area contributed by atoms with Gasteiger partial charge >= 0.3 is 6.18 Å². The normalized spacial score (nSPS) is 12.1. The van der Waals surface area contributed by atoms with Crippen LogP contribution in [-0.2, 0) is 25.6 Å². The monoisotopic (exact) mass is 663 g/mol. The molecular formula is C44H32F3NO2. The van der Waals surface area contributed by atoms with Crippen LogP contribution in [0.2, 0.25) is 0 Å². The molecule has 0 amide bonds. The summed E-state index contributed by atoms with van der Waals surface area (Å²) in [5, 5.41) is 0.422. The molecule has 6 aromatic carbocycles. The summed E-state index contributed by atoms with van der Waals surface area (Å²) in [7, 11) is 1.62. The second kappa shape index (κ2) is 12.9. The van der Waals surface area contributed by atoms with Gasteiger partial charge in [-0.15, -0.1) is 0 Å². The van der Waals surface area contributed by atoms with E-state index >= 15 is 0 Å². The fourth-order valence-corrected chi connectivity index (χ4v) is 7.04. The Bertz CT molecular complexity index is 2370. The molecule has 6 heteroatoms. The second-order valence-corrected chi connectivity index (χ2v) is 12.5. The lowest BCUT2D eigenvalue weighted by Crippen LogP contribution is -2.07. The number of pyridine rings is 1. The minimum absolute atomic E-state index is 0.0782. The SMILES string of the molecule is COc1ccccc1COc1cccc(-c2cc(-c3cc(Cc4ccccc4)cc4c3Cc3ccccc3-4)nc3c(C(F)(F)F)cccc23)c1. The van der Waals surface area contributed by atoms with Crippen molar-refractivity contribution < 1.29 is 22.6 Å². The molecule has 7 aromatic rings. The molecule has 0 spiro atoms.